The number of benzene rings is 1. The Balaban J connectivity index is 2.56. The lowest BCUT2D eigenvalue weighted by atomic mass is 10.1. The van der Waals surface area contributed by atoms with Gasteiger partial charge in [-0.3, -0.25) is 5.10 Å². The zero-order valence-corrected chi connectivity index (χ0v) is 11.4. The maximum absolute atomic E-state index is 11.2. The number of aromatic carboxylic acids is 1. The van der Waals surface area contributed by atoms with Crippen molar-refractivity contribution in [2.45, 2.75) is 6.92 Å². The molecule has 0 spiro atoms. The standard InChI is InChI=1S/C12H11BrN2O3/c1-6-10(12(16)17)11(15-14-6)7-3-4-9(18-2)8(13)5-7/h3-5H,1-2H3,(H,14,15)(H,16,17). The van der Waals surface area contributed by atoms with Gasteiger partial charge in [-0.2, -0.15) is 5.10 Å². The minimum absolute atomic E-state index is 0.187. The van der Waals surface area contributed by atoms with E-state index >= 15 is 0 Å². The summed E-state index contributed by atoms with van der Waals surface area (Å²) >= 11 is 3.36. The summed E-state index contributed by atoms with van der Waals surface area (Å²) in [5.41, 5.74) is 1.85. The number of rotatable bonds is 3. The summed E-state index contributed by atoms with van der Waals surface area (Å²) in [5, 5.41) is 15.9. The molecule has 0 unspecified atom stereocenters. The molecule has 1 aromatic heterocycles. The van der Waals surface area contributed by atoms with Gasteiger partial charge in [0, 0.05) is 11.3 Å². The quantitative estimate of drug-likeness (QED) is 0.914. The zero-order valence-electron chi connectivity index (χ0n) is 9.82. The monoisotopic (exact) mass is 310 g/mol. The predicted octanol–water partition coefficient (Wildman–Crippen LogP) is 2.85. The van der Waals surface area contributed by atoms with Gasteiger partial charge >= 0.3 is 5.97 Å². The SMILES string of the molecule is COc1ccc(-c2n[nH]c(C)c2C(=O)O)cc1Br. The third-order valence-corrected chi connectivity index (χ3v) is 3.21. The summed E-state index contributed by atoms with van der Waals surface area (Å²) in [7, 11) is 1.57. The number of nitrogens with zero attached hydrogens (tertiary/aromatic N) is 1. The minimum Gasteiger partial charge on any atom is -0.496 e. The Hall–Kier alpha value is -1.82. The van der Waals surface area contributed by atoms with Crippen molar-refractivity contribution in [2.24, 2.45) is 0 Å². The third kappa shape index (κ3) is 2.11. The number of halogens is 1. The predicted molar refractivity (Wildman–Crippen MR) is 70.0 cm³/mol. The van der Waals surface area contributed by atoms with E-state index in [4.69, 9.17) is 4.74 Å². The van der Waals surface area contributed by atoms with Gasteiger partial charge < -0.3 is 9.84 Å². The molecule has 2 aromatic rings. The van der Waals surface area contributed by atoms with Gasteiger partial charge in [-0.15, -0.1) is 0 Å². The lowest BCUT2D eigenvalue weighted by Crippen LogP contribution is -1.99. The number of H-pyrrole nitrogens is 1. The van der Waals surface area contributed by atoms with Crippen LogP contribution in [0.25, 0.3) is 11.3 Å². The van der Waals surface area contributed by atoms with Gasteiger partial charge in [0.1, 0.15) is 17.0 Å². The van der Waals surface area contributed by atoms with E-state index < -0.39 is 5.97 Å². The van der Waals surface area contributed by atoms with Crippen LogP contribution >= 0.6 is 15.9 Å². The van der Waals surface area contributed by atoms with Gasteiger partial charge in [0.05, 0.1) is 11.6 Å². The molecule has 6 heteroatoms. The molecule has 5 nitrogen and oxygen atoms in total. The molecule has 2 N–H and O–H groups in total. The van der Waals surface area contributed by atoms with Crippen LogP contribution in [-0.4, -0.2) is 28.4 Å². The Morgan fingerprint density at radius 2 is 2.22 bits per heavy atom. The van der Waals surface area contributed by atoms with Crippen molar-refractivity contribution in [2.75, 3.05) is 7.11 Å². The maximum Gasteiger partial charge on any atom is 0.339 e. The van der Waals surface area contributed by atoms with Gasteiger partial charge in [-0.05, 0) is 41.1 Å². The zero-order chi connectivity index (χ0) is 13.3. The molecule has 0 saturated carbocycles. The van der Waals surface area contributed by atoms with Crippen LogP contribution in [0.1, 0.15) is 16.1 Å². The first-order valence-electron chi connectivity index (χ1n) is 5.16. The minimum atomic E-state index is -0.997. The summed E-state index contributed by atoms with van der Waals surface area (Å²) in [6.45, 7) is 1.68. The first-order valence-corrected chi connectivity index (χ1v) is 5.96. The lowest BCUT2D eigenvalue weighted by Gasteiger charge is -2.05. The molecule has 0 radical (unpaired) electrons. The molecule has 0 atom stereocenters. The Morgan fingerprint density at radius 1 is 1.50 bits per heavy atom. The lowest BCUT2D eigenvalue weighted by molar-refractivity contribution is 0.0697. The first-order chi connectivity index (χ1) is 8.54. The van der Waals surface area contributed by atoms with E-state index in [1.807, 2.05) is 0 Å². The topological polar surface area (TPSA) is 75.2 Å². The number of hydrogen-bond donors (Lipinski definition) is 2. The van der Waals surface area contributed by atoms with Gasteiger partial charge in [-0.1, -0.05) is 0 Å². The summed E-state index contributed by atoms with van der Waals surface area (Å²) in [6.07, 6.45) is 0. The molecule has 1 heterocycles. The summed E-state index contributed by atoms with van der Waals surface area (Å²) in [4.78, 5) is 11.2. The molecular weight excluding hydrogens is 300 g/mol. The molecule has 0 bridgehead atoms. The number of aromatic amines is 1. The molecule has 1 aromatic carbocycles. The smallest absolute Gasteiger partial charge is 0.339 e. The van der Waals surface area contributed by atoms with Crippen molar-refractivity contribution in [3.05, 3.63) is 33.9 Å². The second-order valence-electron chi connectivity index (χ2n) is 3.73. The number of hydrogen-bond acceptors (Lipinski definition) is 3. The molecule has 0 aliphatic carbocycles. The van der Waals surface area contributed by atoms with Crippen molar-refractivity contribution in [1.82, 2.24) is 10.2 Å². The molecule has 0 aliphatic heterocycles. The molecule has 18 heavy (non-hydrogen) atoms. The summed E-state index contributed by atoms with van der Waals surface area (Å²) in [6, 6.07) is 5.31. The number of methoxy groups -OCH3 is 1. The van der Waals surface area contributed by atoms with E-state index in [-0.39, 0.29) is 5.56 Å². The van der Waals surface area contributed by atoms with Crippen LogP contribution in [0, 0.1) is 6.92 Å². The van der Waals surface area contributed by atoms with Crippen LogP contribution < -0.4 is 4.74 Å². The van der Waals surface area contributed by atoms with Crippen molar-refractivity contribution in [3.63, 3.8) is 0 Å². The van der Waals surface area contributed by atoms with Crippen LogP contribution in [0.4, 0.5) is 0 Å². The van der Waals surface area contributed by atoms with E-state index in [9.17, 15) is 9.90 Å². The highest BCUT2D eigenvalue weighted by Gasteiger charge is 2.19. The van der Waals surface area contributed by atoms with Crippen LogP contribution in [0.2, 0.25) is 0 Å². The average molecular weight is 311 g/mol. The van der Waals surface area contributed by atoms with Gasteiger partial charge in [-0.25, -0.2) is 4.79 Å². The Labute approximate surface area is 112 Å². The summed E-state index contributed by atoms with van der Waals surface area (Å²) < 4.78 is 5.88. The Kier molecular flexibility index (Phi) is 3.38. The second-order valence-corrected chi connectivity index (χ2v) is 4.58. The first kappa shape index (κ1) is 12.6. The van der Waals surface area contributed by atoms with Crippen molar-refractivity contribution < 1.29 is 14.6 Å². The highest BCUT2D eigenvalue weighted by atomic mass is 79.9. The number of aromatic nitrogens is 2. The fourth-order valence-electron chi connectivity index (χ4n) is 1.71. The van der Waals surface area contributed by atoms with Gasteiger partial charge in [0.15, 0.2) is 0 Å². The largest absolute Gasteiger partial charge is 0.496 e. The average Bonchev–Trinajstić information content (AvgIpc) is 2.71. The fourth-order valence-corrected chi connectivity index (χ4v) is 2.25. The summed E-state index contributed by atoms with van der Waals surface area (Å²) in [5.74, 6) is -0.314. The van der Waals surface area contributed by atoms with Crippen molar-refractivity contribution in [1.29, 1.82) is 0 Å². The van der Waals surface area contributed by atoms with Crippen LogP contribution in [0.3, 0.4) is 0 Å². The van der Waals surface area contributed by atoms with E-state index in [1.165, 1.54) is 0 Å². The fraction of sp³-hybridized carbons (Fsp3) is 0.167. The number of carbonyl (C=O) groups is 1. The normalized spacial score (nSPS) is 10.4. The molecule has 2 rings (SSSR count). The highest BCUT2D eigenvalue weighted by Crippen LogP contribution is 2.31. The number of nitrogens with one attached hydrogen (secondary N) is 1. The van der Waals surface area contributed by atoms with Crippen LogP contribution in [0.15, 0.2) is 22.7 Å². The van der Waals surface area contributed by atoms with Crippen LogP contribution in [0.5, 0.6) is 5.75 Å². The van der Waals surface area contributed by atoms with Crippen molar-refractivity contribution >= 4 is 21.9 Å². The van der Waals surface area contributed by atoms with E-state index in [0.29, 0.717) is 22.7 Å². The molecule has 0 fully saturated rings. The number of ether oxygens (including phenoxy) is 1. The molecule has 94 valence electrons. The number of aryl methyl sites for hydroxylation is 1. The van der Waals surface area contributed by atoms with E-state index in [0.717, 1.165) is 4.47 Å². The van der Waals surface area contributed by atoms with Crippen molar-refractivity contribution in [3.8, 4) is 17.0 Å². The highest BCUT2D eigenvalue weighted by molar-refractivity contribution is 9.10. The second kappa shape index (κ2) is 4.81. The number of carboxylic acid groups (broad SMARTS) is 1. The number of carboxylic acids is 1. The molecule has 0 aliphatic rings. The molecule has 0 saturated heterocycles. The van der Waals surface area contributed by atoms with Gasteiger partial charge in [0.2, 0.25) is 0 Å². The van der Waals surface area contributed by atoms with Crippen LogP contribution in [-0.2, 0) is 0 Å². The maximum atomic E-state index is 11.2. The van der Waals surface area contributed by atoms with Gasteiger partial charge in [0.25, 0.3) is 0 Å². The Bertz CT molecular complexity index is 607. The molecule has 0 amide bonds. The Morgan fingerprint density at radius 3 is 2.78 bits per heavy atom. The third-order valence-electron chi connectivity index (χ3n) is 2.59. The molecular formula is C12H11BrN2O3. The van der Waals surface area contributed by atoms with E-state index in [1.54, 1.807) is 32.2 Å². The van der Waals surface area contributed by atoms with E-state index in [2.05, 4.69) is 26.1 Å².